The highest BCUT2D eigenvalue weighted by Crippen LogP contribution is 2.40. The van der Waals surface area contributed by atoms with E-state index < -0.39 is 11.7 Å². The first-order valence-corrected chi connectivity index (χ1v) is 11.0. The second-order valence-corrected chi connectivity index (χ2v) is 9.30. The van der Waals surface area contributed by atoms with Crippen LogP contribution in [0.25, 0.3) is 23.0 Å². The van der Waals surface area contributed by atoms with Crippen molar-refractivity contribution in [2.24, 2.45) is 5.41 Å². The van der Waals surface area contributed by atoms with Gasteiger partial charge in [-0.25, -0.2) is 0 Å². The minimum Gasteiger partial charge on any atom is -0.513 e. The fourth-order valence-corrected chi connectivity index (χ4v) is 4.33. The number of rotatable bonds is 6. The Morgan fingerprint density at radius 2 is 2.06 bits per heavy atom. The van der Waals surface area contributed by atoms with Gasteiger partial charge in [-0.2, -0.15) is 23.3 Å². The molecule has 0 radical (unpaired) electrons. The number of hydrogen-bond donors (Lipinski definition) is 1. The minimum absolute atomic E-state index is 0.0753. The van der Waals surface area contributed by atoms with Gasteiger partial charge in [0, 0.05) is 29.8 Å². The van der Waals surface area contributed by atoms with Crippen LogP contribution in [-0.2, 0) is 32.0 Å². The molecule has 0 spiro atoms. The fourth-order valence-electron chi connectivity index (χ4n) is 4.33. The summed E-state index contributed by atoms with van der Waals surface area (Å²) >= 11 is 0. The van der Waals surface area contributed by atoms with Crippen molar-refractivity contribution >= 4 is 0 Å². The first kappa shape index (κ1) is 23.1. The first-order valence-electron chi connectivity index (χ1n) is 11.0. The van der Waals surface area contributed by atoms with Crippen LogP contribution < -0.4 is 0 Å². The lowest BCUT2D eigenvalue weighted by atomic mass is 9.76. The van der Waals surface area contributed by atoms with Crippen molar-refractivity contribution in [3.63, 3.8) is 0 Å². The number of allylic oxidation sites excluding steroid dienone is 1. The van der Waals surface area contributed by atoms with E-state index in [0.29, 0.717) is 17.8 Å². The molecule has 2 aromatic heterocycles. The SMILES string of the molecule is C=C(O)CCc1ccc(-c2noc(-c3nn(CC)c4c3CCC(C)(C)C4)n2)c(C(F)(F)F)c1. The zero-order valence-corrected chi connectivity index (χ0v) is 19.0. The van der Waals surface area contributed by atoms with Crippen molar-refractivity contribution in [2.45, 2.75) is 65.6 Å². The summed E-state index contributed by atoms with van der Waals surface area (Å²) in [7, 11) is 0. The maximum atomic E-state index is 13.8. The van der Waals surface area contributed by atoms with Crippen LogP contribution in [0.1, 0.15) is 56.0 Å². The molecule has 1 aromatic carbocycles. The van der Waals surface area contributed by atoms with Crippen molar-refractivity contribution < 1.29 is 22.8 Å². The van der Waals surface area contributed by atoms with Crippen molar-refractivity contribution in [3.05, 3.63) is 52.9 Å². The Kier molecular flexibility index (Phi) is 5.84. The van der Waals surface area contributed by atoms with Crippen molar-refractivity contribution in [2.75, 3.05) is 0 Å². The molecule has 6 nitrogen and oxygen atoms in total. The number of halogens is 3. The van der Waals surface area contributed by atoms with Crippen LogP contribution in [0, 0.1) is 5.41 Å². The van der Waals surface area contributed by atoms with Gasteiger partial charge in [0.2, 0.25) is 5.82 Å². The van der Waals surface area contributed by atoms with E-state index in [1.807, 2.05) is 11.6 Å². The van der Waals surface area contributed by atoms with E-state index >= 15 is 0 Å². The van der Waals surface area contributed by atoms with E-state index in [4.69, 9.17) is 4.52 Å². The number of hydrogen-bond acceptors (Lipinski definition) is 5. The van der Waals surface area contributed by atoms with Crippen LogP contribution >= 0.6 is 0 Å². The molecule has 0 fully saturated rings. The highest BCUT2D eigenvalue weighted by atomic mass is 19.4. The van der Waals surface area contributed by atoms with E-state index in [9.17, 15) is 18.3 Å². The number of aromatic nitrogens is 4. The van der Waals surface area contributed by atoms with Gasteiger partial charge in [-0.1, -0.05) is 37.7 Å². The van der Waals surface area contributed by atoms with E-state index in [-0.39, 0.29) is 41.3 Å². The summed E-state index contributed by atoms with van der Waals surface area (Å²) in [5.74, 6) is -0.0815. The smallest absolute Gasteiger partial charge is 0.417 e. The number of aliphatic hydroxyl groups is 1. The molecule has 176 valence electrons. The predicted octanol–water partition coefficient (Wildman–Crippen LogP) is 6.16. The molecule has 2 heterocycles. The van der Waals surface area contributed by atoms with Gasteiger partial charge in [0.1, 0.15) is 0 Å². The van der Waals surface area contributed by atoms with Crippen molar-refractivity contribution in [1.82, 2.24) is 19.9 Å². The van der Waals surface area contributed by atoms with E-state index in [1.54, 1.807) is 6.07 Å². The molecule has 1 aliphatic carbocycles. The quantitative estimate of drug-likeness (QED) is 0.446. The molecule has 9 heteroatoms. The van der Waals surface area contributed by atoms with Crippen LogP contribution in [-0.4, -0.2) is 25.0 Å². The fraction of sp³-hybridized carbons (Fsp3) is 0.458. The van der Waals surface area contributed by atoms with Gasteiger partial charge in [-0.05, 0) is 49.7 Å². The Bertz CT molecular complexity index is 1190. The zero-order chi connectivity index (χ0) is 24.0. The molecule has 0 atom stereocenters. The lowest BCUT2D eigenvalue weighted by molar-refractivity contribution is -0.137. The summed E-state index contributed by atoms with van der Waals surface area (Å²) in [5.41, 5.74) is 2.28. The molecule has 0 bridgehead atoms. The molecule has 1 N–H and O–H groups in total. The number of aryl methyl sites for hydroxylation is 2. The summed E-state index contributed by atoms with van der Waals surface area (Å²) in [6, 6.07) is 3.97. The summed E-state index contributed by atoms with van der Waals surface area (Å²) in [6.07, 6.45) is -1.53. The first-order chi connectivity index (χ1) is 15.5. The van der Waals surface area contributed by atoms with Crippen molar-refractivity contribution in [1.29, 1.82) is 0 Å². The third kappa shape index (κ3) is 4.67. The maximum absolute atomic E-state index is 13.8. The number of benzene rings is 1. The Morgan fingerprint density at radius 1 is 1.30 bits per heavy atom. The average molecular weight is 461 g/mol. The molecule has 0 unspecified atom stereocenters. The lowest BCUT2D eigenvalue weighted by Gasteiger charge is -2.30. The van der Waals surface area contributed by atoms with Crippen LogP contribution in [0.2, 0.25) is 0 Å². The summed E-state index contributed by atoms with van der Waals surface area (Å²) < 4.78 is 48.8. The Morgan fingerprint density at radius 3 is 2.73 bits per heavy atom. The molecule has 0 aliphatic heterocycles. The molecular weight excluding hydrogens is 433 g/mol. The largest absolute Gasteiger partial charge is 0.513 e. The molecule has 3 aromatic rings. The van der Waals surface area contributed by atoms with Crippen LogP contribution in [0.3, 0.4) is 0 Å². The van der Waals surface area contributed by atoms with E-state index in [1.165, 1.54) is 6.07 Å². The molecule has 0 saturated carbocycles. The average Bonchev–Trinajstić information content (AvgIpc) is 3.35. The molecule has 0 saturated heterocycles. The van der Waals surface area contributed by atoms with Crippen LogP contribution in [0.4, 0.5) is 13.2 Å². The Labute approximate surface area is 190 Å². The van der Waals surface area contributed by atoms with Crippen molar-refractivity contribution in [3.8, 4) is 23.0 Å². The number of nitrogens with zero attached hydrogens (tertiary/aromatic N) is 4. The predicted molar refractivity (Wildman–Crippen MR) is 118 cm³/mol. The van der Waals surface area contributed by atoms with E-state index in [0.717, 1.165) is 36.6 Å². The third-order valence-corrected chi connectivity index (χ3v) is 6.12. The number of fused-ring (bicyclic) bond motifs is 1. The number of aliphatic hydroxyl groups excluding tert-OH is 1. The number of alkyl halides is 3. The summed E-state index contributed by atoms with van der Waals surface area (Å²) in [6.45, 7) is 10.5. The second-order valence-electron chi connectivity index (χ2n) is 9.30. The maximum Gasteiger partial charge on any atom is 0.417 e. The molecule has 33 heavy (non-hydrogen) atoms. The Hall–Kier alpha value is -3.10. The highest BCUT2D eigenvalue weighted by molar-refractivity contribution is 5.65. The normalized spacial score (nSPS) is 15.5. The zero-order valence-electron chi connectivity index (χ0n) is 19.0. The lowest BCUT2D eigenvalue weighted by Crippen LogP contribution is -2.24. The Balaban J connectivity index is 1.73. The molecular formula is C24H27F3N4O2. The van der Waals surface area contributed by atoms with Gasteiger partial charge in [-0.15, -0.1) is 0 Å². The highest BCUT2D eigenvalue weighted by Gasteiger charge is 2.36. The van der Waals surface area contributed by atoms with Gasteiger partial charge < -0.3 is 9.63 Å². The van der Waals surface area contributed by atoms with Gasteiger partial charge in [0.25, 0.3) is 5.89 Å². The van der Waals surface area contributed by atoms with Crippen LogP contribution in [0.5, 0.6) is 0 Å². The third-order valence-electron chi connectivity index (χ3n) is 6.12. The standard InChI is InChI=1S/C24H27F3N4O2/c1-5-31-19-13-23(3,4)11-10-17(19)20(29-31)22-28-21(30-33-22)16-9-8-15(7-6-14(2)32)12-18(16)24(25,26)27/h8-9,12,32H,2,5-7,10-11,13H2,1,3-4H3. The minimum atomic E-state index is -4.60. The van der Waals surface area contributed by atoms with Gasteiger partial charge in [0.05, 0.1) is 11.3 Å². The van der Waals surface area contributed by atoms with Gasteiger partial charge in [0.15, 0.2) is 5.69 Å². The van der Waals surface area contributed by atoms with Crippen LogP contribution in [0.15, 0.2) is 35.1 Å². The monoisotopic (exact) mass is 460 g/mol. The molecule has 1 aliphatic rings. The second kappa shape index (κ2) is 8.35. The van der Waals surface area contributed by atoms with E-state index in [2.05, 4.69) is 35.7 Å². The van der Waals surface area contributed by atoms with Gasteiger partial charge in [-0.3, -0.25) is 4.68 Å². The summed E-state index contributed by atoms with van der Waals surface area (Å²) in [4.78, 5) is 4.31. The van der Waals surface area contributed by atoms with Gasteiger partial charge >= 0.3 is 6.18 Å². The summed E-state index contributed by atoms with van der Waals surface area (Å²) in [5, 5.41) is 17.8. The molecule has 0 amide bonds. The molecule has 4 rings (SSSR count). The topological polar surface area (TPSA) is 77.0 Å².